The van der Waals surface area contributed by atoms with Gasteiger partial charge in [-0.25, -0.2) is 9.97 Å². The number of furan rings is 1. The molecule has 0 amide bonds. The van der Waals surface area contributed by atoms with Gasteiger partial charge >= 0.3 is 0 Å². The highest BCUT2D eigenvalue weighted by atomic mass is 16.6. The number of aromatic nitrogens is 2. The molecule has 5 heteroatoms. The minimum absolute atomic E-state index is 0.556. The molecule has 11 aromatic rings. The quantitative estimate of drug-likeness (QED) is 0.167. The maximum Gasteiger partial charge on any atom is 0.178 e. The maximum atomic E-state index is 7.06. The predicted molar refractivity (Wildman–Crippen MR) is 255 cm³/mol. The highest BCUT2D eigenvalue weighted by Gasteiger charge is 2.48. The second-order valence-electron chi connectivity index (χ2n) is 16.4. The van der Waals surface area contributed by atoms with E-state index in [2.05, 4.69) is 158 Å². The van der Waals surface area contributed by atoms with Crippen molar-refractivity contribution in [1.29, 1.82) is 0 Å². The number of rotatable bonds is 6. The van der Waals surface area contributed by atoms with Crippen molar-refractivity contribution in [2.75, 3.05) is 0 Å². The monoisotopic (exact) mass is 820 g/mol. The molecule has 13 rings (SSSR count). The summed E-state index contributed by atoms with van der Waals surface area (Å²) in [5.74, 6) is 3.29. The molecule has 2 aromatic heterocycles. The van der Waals surface area contributed by atoms with Crippen LogP contribution in [0, 0.1) is 0 Å². The molecule has 3 heterocycles. The average Bonchev–Trinajstić information content (AvgIpc) is 3.91. The van der Waals surface area contributed by atoms with Crippen molar-refractivity contribution in [1.82, 2.24) is 9.97 Å². The first kappa shape index (κ1) is 36.1. The third-order valence-electron chi connectivity index (χ3n) is 12.9. The summed E-state index contributed by atoms with van der Waals surface area (Å²) < 4.78 is 20.1. The van der Waals surface area contributed by atoms with Crippen LogP contribution in [-0.4, -0.2) is 9.97 Å². The zero-order valence-corrected chi connectivity index (χ0v) is 34.4. The lowest BCUT2D eigenvalue weighted by Crippen LogP contribution is -2.28. The van der Waals surface area contributed by atoms with E-state index in [-0.39, 0.29) is 0 Å². The first-order chi connectivity index (χ1) is 31.7. The van der Waals surface area contributed by atoms with Gasteiger partial charge < -0.3 is 13.9 Å². The molecule has 300 valence electrons. The molecule has 0 unspecified atom stereocenters. The number of hydrogen-bond acceptors (Lipinski definition) is 5. The van der Waals surface area contributed by atoms with Crippen LogP contribution in [0.25, 0.3) is 78.1 Å². The lowest BCUT2D eigenvalue weighted by atomic mass is 9.68. The fraction of sp³-hybridized carbons (Fsp3) is 0.0169. The summed E-state index contributed by atoms with van der Waals surface area (Å²) in [6.07, 6.45) is 0. The van der Waals surface area contributed by atoms with Crippen molar-refractivity contribution in [2.45, 2.75) is 5.41 Å². The van der Waals surface area contributed by atoms with Crippen LogP contribution in [0.5, 0.6) is 23.0 Å². The van der Waals surface area contributed by atoms with Gasteiger partial charge in [0.1, 0.15) is 11.2 Å². The van der Waals surface area contributed by atoms with Crippen LogP contribution in [0.3, 0.4) is 0 Å². The van der Waals surface area contributed by atoms with E-state index in [0.29, 0.717) is 28.8 Å². The molecule has 1 aliphatic carbocycles. The summed E-state index contributed by atoms with van der Waals surface area (Å²) in [4.78, 5) is 10.3. The number of fused-ring (bicyclic) bond motifs is 9. The predicted octanol–water partition coefficient (Wildman–Crippen LogP) is 15.3. The van der Waals surface area contributed by atoms with Crippen molar-refractivity contribution in [3.8, 4) is 79.2 Å². The van der Waals surface area contributed by atoms with Gasteiger partial charge in [0, 0.05) is 38.6 Å². The van der Waals surface area contributed by atoms with Crippen LogP contribution < -0.4 is 9.47 Å². The van der Waals surface area contributed by atoms with Gasteiger partial charge in [-0.3, -0.25) is 0 Å². The molecule has 0 radical (unpaired) electrons. The molecule has 0 fully saturated rings. The highest BCUT2D eigenvalue weighted by molar-refractivity contribution is 6.09. The van der Waals surface area contributed by atoms with Gasteiger partial charge in [0.2, 0.25) is 0 Å². The second kappa shape index (κ2) is 14.3. The van der Waals surface area contributed by atoms with Gasteiger partial charge in [-0.15, -0.1) is 0 Å². The molecule has 2 aliphatic rings. The molecule has 0 N–H and O–H groups in total. The van der Waals surface area contributed by atoms with Crippen LogP contribution in [0.4, 0.5) is 0 Å². The van der Waals surface area contributed by atoms with E-state index in [4.69, 9.17) is 23.9 Å². The summed E-state index contributed by atoms with van der Waals surface area (Å²) in [5, 5.41) is 2.22. The first-order valence-corrected chi connectivity index (χ1v) is 21.5. The zero-order valence-electron chi connectivity index (χ0n) is 34.4. The highest BCUT2D eigenvalue weighted by Crippen LogP contribution is 2.62. The Bertz CT molecular complexity index is 3560. The molecule has 1 aliphatic heterocycles. The lowest BCUT2D eigenvalue weighted by molar-refractivity contribution is 0.360. The van der Waals surface area contributed by atoms with Gasteiger partial charge in [0.05, 0.1) is 16.8 Å². The zero-order chi connectivity index (χ0) is 42.2. The van der Waals surface area contributed by atoms with Crippen LogP contribution in [0.1, 0.15) is 22.3 Å². The molecule has 5 nitrogen and oxygen atoms in total. The summed E-state index contributed by atoms with van der Waals surface area (Å²) >= 11 is 0. The van der Waals surface area contributed by atoms with E-state index in [1.807, 2.05) is 60.7 Å². The van der Waals surface area contributed by atoms with Crippen LogP contribution in [0.15, 0.2) is 223 Å². The molecular weight excluding hydrogens is 785 g/mol. The van der Waals surface area contributed by atoms with E-state index < -0.39 is 5.41 Å². The molecule has 0 saturated carbocycles. The minimum atomic E-state index is -0.556. The summed E-state index contributed by atoms with van der Waals surface area (Å²) in [5.41, 5.74) is 14.6. The SMILES string of the molecule is c1ccc(-c2nc(-c3ccc(-c4cccc5c4oc4ccccc45)cc3)cc(-c3ccc4c(c3)Oc3c(ccc5c3-c3ccccc3C5(c3ccccc3)c3ccccc3)O4)n2)cc1. The Hall–Kier alpha value is -8.54. The van der Waals surface area contributed by atoms with Crippen LogP contribution in [0.2, 0.25) is 0 Å². The van der Waals surface area contributed by atoms with Gasteiger partial charge in [-0.2, -0.15) is 0 Å². The van der Waals surface area contributed by atoms with Gasteiger partial charge in [0.15, 0.2) is 28.8 Å². The van der Waals surface area contributed by atoms with Crippen molar-refractivity contribution in [3.63, 3.8) is 0 Å². The van der Waals surface area contributed by atoms with E-state index in [1.54, 1.807) is 0 Å². The Morgan fingerprint density at radius 3 is 1.77 bits per heavy atom. The molecule has 0 bridgehead atoms. The van der Waals surface area contributed by atoms with Crippen LogP contribution in [-0.2, 0) is 5.41 Å². The standard InChI is InChI=1S/C59H36N2O3/c1-4-15-39(16-5-1)58-60-49(38-29-27-37(28-30-38)43-23-14-24-45-44-21-11-13-26-51(44)63-56(43)45)36-50(61-58)40-31-33-52-54(35-40)64-57-53(62-52)34-32-48-55(57)46-22-10-12-25-47(46)59(48,41-17-6-2-7-18-41)42-19-8-3-9-20-42/h1-36H. The Kier molecular flexibility index (Phi) is 8.06. The van der Waals surface area contributed by atoms with Gasteiger partial charge in [-0.05, 0) is 69.8 Å². The molecule has 9 aromatic carbocycles. The lowest BCUT2D eigenvalue weighted by Gasteiger charge is -2.34. The number of ether oxygens (including phenoxy) is 2. The molecule has 0 saturated heterocycles. The fourth-order valence-electron chi connectivity index (χ4n) is 9.98. The molecular formula is C59H36N2O3. The van der Waals surface area contributed by atoms with Gasteiger partial charge in [-0.1, -0.05) is 182 Å². The van der Waals surface area contributed by atoms with E-state index in [9.17, 15) is 0 Å². The number of benzene rings is 9. The minimum Gasteiger partial charge on any atom is -0.455 e. The topological polar surface area (TPSA) is 57.4 Å². The van der Waals surface area contributed by atoms with E-state index in [0.717, 1.165) is 77.8 Å². The largest absolute Gasteiger partial charge is 0.455 e. The molecule has 64 heavy (non-hydrogen) atoms. The van der Waals surface area contributed by atoms with E-state index in [1.165, 1.54) is 16.7 Å². The summed E-state index contributed by atoms with van der Waals surface area (Å²) in [6.45, 7) is 0. The first-order valence-electron chi connectivity index (χ1n) is 21.5. The molecule has 0 atom stereocenters. The number of para-hydroxylation sites is 2. The molecule has 0 spiro atoms. The normalized spacial score (nSPS) is 13.1. The Morgan fingerprint density at radius 2 is 0.984 bits per heavy atom. The van der Waals surface area contributed by atoms with Crippen molar-refractivity contribution < 1.29 is 13.9 Å². The Balaban J connectivity index is 0.913. The number of hydrogen-bond donors (Lipinski definition) is 0. The van der Waals surface area contributed by atoms with Gasteiger partial charge in [0.25, 0.3) is 0 Å². The Morgan fingerprint density at radius 1 is 0.375 bits per heavy atom. The summed E-state index contributed by atoms with van der Waals surface area (Å²) in [6, 6.07) is 75.8. The average molecular weight is 821 g/mol. The van der Waals surface area contributed by atoms with Crippen LogP contribution >= 0.6 is 0 Å². The number of nitrogens with zero attached hydrogens (tertiary/aromatic N) is 2. The van der Waals surface area contributed by atoms with Crippen molar-refractivity contribution >= 4 is 21.9 Å². The van der Waals surface area contributed by atoms with Crippen molar-refractivity contribution in [3.05, 3.63) is 241 Å². The second-order valence-corrected chi connectivity index (χ2v) is 16.4. The van der Waals surface area contributed by atoms with E-state index >= 15 is 0 Å². The third-order valence-corrected chi connectivity index (χ3v) is 12.9. The van der Waals surface area contributed by atoms with Crippen molar-refractivity contribution in [2.24, 2.45) is 0 Å². The summed E-state index contributed by atoms with van der Waals surface area (Å²) in [7, 11) is 0. The smallest absolute Gasteiger partial charge is 0.178 e. The maximum absolute atomic E-state index is 7.06. The third kappa shape index (κ3) is 5.51. The fourth-order valence-corrected chi connectivity index (χ4v) is 9.98. The Labute approximate surface area is 369 Å².